The van der Waals surface area contributed by atoms with E-state index in [1.807, 2.05) is 6.07 Å². The zero-order valence-corrected chi connectivity index (χ0v) is 12.6. The molecule has 0 aliphatic heterocycles. The third-order valence-corrected chi connectivity index (χ3v) is 3.44. The molecule has 0 N–H and O–H groups in total. The first-order valence-electron chi connectivity index (χ1n) is 5.76. The molecule has 102 valence electrons. The largest absolute Gasteiger partial charge is 0.259 e. The second-order valence-electron chi connectivity index (χ2n) is 4.04. The van der Waals surface area contributed by atoms with Gasteiger partial charge in [0.05, 0.1) is 21.7 Å². The highest BCUT2D eigenvalue weighted by atomic mass is 127. The normalized spacial score (nSPS) is 10.3. The van der Waals surface area contributed by atoms with Crippen molar-refractivity contribution < 1.29 is 4.39 Å². The molecule has 0 amide bonds. The first-order chi connectivity index (χ1) is 10.2. The molecule has 0 radical (unpaired) electrons. The lowest BCUT2D eigenvalue weighted by atomic mass is 10.2. The Morgan fingerprint density at radius 1 is 1.19 bits per heavy atom. The van der Waals surface area contributed by atoms with Crippen LogP contribution in [0.25, 0.3) is 16.9 Å². The number of halogens is 2. The van der Waals surface area contributed by atoms with Gasteiger partial charge >= 0.3 is 0 Å². The maximum absolute atomic E-state index is 13.2. The summed E-state index contributed by atoms with van der Waals surface area (Å²) in [7, 11) is 0. The molecule has 0 aliphatic rings. The summed E-state index contributed by atoms with van der Waals surface area (Å²) in [5, 5.41) is 13.1. The van der Waals surface area contributed by atoms with E-state index >= 15 is 0 Å². The predicted molar refractivity (Wildman–Crippen MR) is 79.8 cm³/mol. The van der Waals surface area contributed by atoms with Gasteiger partial charge in [-0.1, -0.05) is 0 Å². The Hall–Kier alpha value is -2.41. The molecule has 8 heteroatoms. The topological polar surface area (TPSA) is 80.3 Å². The lowest BCUT2D eigenvalue weighted by Crippen LogP contribution is -1.97. The van der Waals surface area contributed by atoms with Gasteiger partial charge in [0.25, 0.3) is 0 Å². The summed E-state index contributed by atoms with van der Waals surface area (Å²) in [6.07, 6.45) is 7.47. The zero-order valence-electron chi connectivity index (χ0n) is 10.4. The summed E-state index contributed by atoms with van der Waals surface area (Å²) in [5.41, 5.74) is 1.86. The first kappa shape index (κ1) is 13.6. The van der Waals surface area contributed by atoms with E-state index < -0.39 is 5.82 Å². The minimum atomic E-state index is -0.429. The van der Waals surface area contributed by atoms with E-state index in [2.05, 4.69) is 42.6 Å². The van der Waals surface area contributed by atoms with Gasteiger partial charge in [-0.05, 0) is 22.6 Å². The molecule has 0 bridgehead atoms. The third kappa shape index (κ3) is 2.73. The molecule has 0 saturated heterocycles. The van der Waals surface area contributed by atoms with Crippen LogP contribution in [0.15, 0.2) is 37.1 Å². The van der Waals surface area contributed by atoms with E-state index in [-0.39, 0.29) is 5.82 Å². The van der Waals surface area contributed by atoms with Gasteiger partial charge in [0.15, 0.2) is 0 Å². The van der Waals surface area contributed by atoms with Gasteiger partial charge < -0.3 is 0 Å². The molecule has 3 rings (SSSR count). The molecule has 0 aromatic carbocycles. The van der Waals surface area contributed by atoms with Crippen LogP contribution in [0.3, 0.4) is 0 Å². The fourth-order valence-corrected chi connectivity index (χ4v) is 2.40. The van der Waals surface area contributed by atoms with Gasteiger partial charge in [-0.25, -0.2) is 19.0 Å². The molecule has 0 saturated carbocycles. The summed E-state index contributed by atoms with van der Waals surface area (Å²) < 4.78 is 15.6. The average molecular weight is 392 g/mol. The first-order valence-corrected chi connectivity index (χ1v) is 6.84. The van der Waals surface area contributed by atoms with E-state index in [1.54, 1.807) is 6.20 Å². The van der Waals surface area contributed by atoms with Crippen LogP contribution in [0, 0.1) is 20.7 Å². The minimum absolute atomic E-state index is 0.0996. The van der Waals surface area contributed by atoms with Crippen molar-refractivity contribution in [3.05, 3.63) is 52.3 Å². The Morgan fingerprint density at radius 2 is 1.95 bits per heavy atom. The summed E-state index contributed by atoms with van der Waals surface area (Å²) in [6, 6.07) is 3.20. The van der Waals surface area contributed by atoms with Crippen molar-refractivity contribution in [1.29, 1.82) is 5.26 Å². The fourth-order valence-electron chi connectivity index (χ4n) is 1.71. The number of aromatic nitrogens is 5. The van der Waals surface area contributed by atoms with Crippen molar-refractivity contribution in [2.24, 2.45) is 0 Å². The number of hydrogen-bond donors (Lipinski definition) is 0. The molecular formula is C13H6FIN6. The van der Waals surface area contributed by atoms with Crippen molar-refractivity contribution in [1.82, 2.24) is 24.7 Å². The van der Waals surface area contributed by atoms with Crippen LogP contribution in [0.1, 0.15) is 5.82 Å². The molecule has 0 unspecified atom stereocenters. The highest BCUT2D eigenvalue weighted by Crippen LogP contribution is 2.23. The molecule has 0 aliphatic carbocycles. The fraction of sp³-hybridized carbons (Fsp3) is 0. The number of rotatable bonds is 2. The average Bonchev–Trinajstić information content (AvgIpc) is 2.89. The second-order valence-corrected chi connectivity index (χ2v) is 5.20. The smallest absolute Gasteiger partial charge is 0.232 e. The van der Waals surface area contributed by atoms with E-state index in [1.165, 1.54) is 29.3 Å². The summed E-state index contributed by atoms with van der Waals surface area (Å²) in [4.78, 5) is 11.6. The molecule has 3 heterocycles. The van der Waals surface area contributed by atoms with Crippen molar-refractivity contribution in [3.63, 3.8) is 0 Å². The third-order valence-electron chi connectivity index (χ3n) is 2.65. The van der Waals surface area contributed by atoms with Crippen molar-refractivity contribution in [3.8, 4) is 23.0 Å². The van der Waals surface area contributed by atoms with Gasteiger partial charge in [0.1, 0.15) is 17.6 Å². The standard InChI is InChI=1S/C13H6FIN6/c14-9-1-10(6-17-5-9)21-7-11(15)13(20-21)8-3-18-12(2-16)19-4-8/h1,3-7H. The summed E-state index contributed by atoms with van der Waals surface area (Å²) >= 11 is 2.12. The molecule has 21 heavy (non-hydrogen) atoms. The number of pyridine rings is 1. The minimum Gasteiger partial charge on any atom is -0.259 e. The zero-order chi connectivity index (χ0) is 14.8. The van der Waals surface area contributed by atoms with E-state index in [0.29, 0.717) is 16.9 Å². The second kappa shape index (κ2) is 5.53. The molecule has 6 nitrogen and oxygen atoms in total. The number of nitrogens with zero attached hydrogens (tertiary/aromatic N) is 6. The Kier molecular flexibility index (Phi) is 3.57. The molecule has 0 spiro atoms. The van der Waals surface area contributed by atoms with Crippen molar-refractivity contribution in [2.45, 2.75) is 0 Å². The van der Waals surface area contributed by atoms with Gasteiger partial charge in [-0.3, -0.25) is 4.98 Å². The van der Waals surface area contributed by atoms with Crippen LogP contribution in [-0.2, 0) is 0 Å². The Labute approximate surface area is 132 Å². The molecule has 3 aromatic heterocycles. The predicted octanol–water partition coefficient (Wildman–Crippen LogP) is 2.34. The van der Waals surface area contributed by atoms with Crippen LogP contribution in [0.5, 0.6) is 0 Å². The lowest BCUT2D eigenvalue weighted by molar-refractivity contribution is 0.618. The van der Waals surface area contributed by atoms with Crippen LogP contribution in [0.4, 0.5) is 4.39 Å². The van der Waals surface area contributed by atoms with E-state index in [4.69, 9.17) is 5.26 Å². The SMILES string of the molecule is N#Cc1ncc(-c2nn(-c3cncc(F)c3)cc2I)cn1. The Morgan fingerprint density at radius 3 is 2.62 bits per heavy atom. The number of nitriles is 1. The summed E-state index contributed by atoms with van der Waals surface area (Å²) in [6.45, 7) is 0. The highest BCUT2D eigenvalue weighted by molar-refractivity contribution is 14.1. The lowest BCUT2D eigenvalue weighted by Gasteiger charge is -2.00. The maximum atomic E-state index is 13.2. The molecule has 3 aromatic rings. The van der Waals surface area contributed by atoms with Crippen LogP contribution in [-0.4, -0.2) is 24.7 Å². The Balaban J connectivity index is 2.03. The van der Waals surface area contributed by atoms with E-state index in [0.717, 1.165) is 9.77 Å². The molecular weight excluding hydrogens is 386 g/mol. The van der Waals surface area contributed by atoms with Gasteiger partial charge in [-0.15, -0.1) is 0 Å². The van der Waals surface area contributed by atoms with Crippen LogP contribution in [0.2, 0.25) is 0 Å². The van der Waals surface area contributed by atoms with Crippen LogP contribution < -0.4 is 0 Å². The van der Waals surface area contributed by atoms with Gasteiger partial charge in [0, 0.05) is 30.2 Å². The maximum Gasteiger partial charge on any atom is 0.232 e. The Bertz CT molecular complexity index is 837. The van der Waals surface area contributed by atoms with Gasteiger partial charge in [0.2, 0.25) is 5.82 Å². The van der Waals surface area contributed by atoms with Gasteiger partial charge in [-0.2, -0.15) is 10.4 Å². The summed E-state index contributed by atoms with van der Waals surface area (Å²) in [5.74, 6) is -0.330. The van der Waals surface area contributed by atoms with Crippen molar-refractivity contribution >= 4 is 22.6 Å². The quantitative estimate of drug-likeness (QED) is 0.626. The highest BCUT2D eigenvalue weighted by Gasteiger charge is 2.11. The monoisotopic (exact) mass is 392 g/mol. The molecule has 0 atom stereocenters. The molecule has 0 fully saturated rings. The van der Waals surface area contributed by atoms with Crippen LogP contribution >= 0.6 is 22.6 Å². The number of hydrogen-bond acceptors (Lipinski definition) is 5. The van der Waals surface area contributed by atoms with Crippen molar-refractivity contribution in [2.75, 3.05) is 0 Å². The van der Waals surface area contributed by atoms with E-state index in [9.17, 15) is 4.39 Å².